The summed E-state index contributed by atoms with van der Waals surface area (Å²) < 4.78 is 0. The minimum Gasteiger partial charge on any atom is -0.411 e. The molecule has 0 fully saturated rings. The molecule has 0 amide bonds. The molecule has 2 nitrogen and oxygen atoms in total. The Bertz CT molecular complexity index is 339. The van der Waals surface area contributed by atoms with Crippen molar-refractivity contribution >= 4 is 11.8 Å². The number of nitrogens with zero attached hydrogens (tertiary/aromatic N) is 1. The minimum absolute atomic E-state index is 0.497. The molecule has 2 heteroatoms. The van der Waals surface area contributed by atoms with E-state index in [0.717, 1.165) is 12.0 Å². The van der Waals surface area contributed by atoms with Crippen molar-refractivity contribution in [2.75, 3.05) is 0 Å². The second kappa shape index (κ2) is 6.02. The molecule has 0 atom stereocenters. The van der Waals surface area contributed by atoms with Gasteiger partial charge in [-0.3, -0.25) is 0 Å². The van der Waals surface area contributed by atoms with Gasteiger partial charge in [0.05, 0.1) is 5.71 Å². The second-order valence-corrected chi connectivity index (χ2v) is 3.93. The average molecular weight is 203 g/mol. The van der Waals surface area contributed by atoms with Gasteiger partial charge in [-0.05, 0) is 24.0 Å². The van der Waals surface area contributed by atoms with Crippen LogP contribution in [0.5, 0.6) is 0 Å². The highest BCUT2D eigenvalue weighted by atomic mass is 16.4. The van der Waals surface area contributed by atoms with Crippen LogP contribution in [0.4, 0.5) is 0 Å². The third-order valence-electron chi connectivity index (χ3n) is 2.01. The number of allylic oxidation sites excluding steroid dienone is 1. The van der Waals surface area contributed by atoms with Crippen molar-refractivity contribution in [3.05, 3.63) is 42.0 Å². The van der Waals surface area contributed by atoms with E-state index in [-0.39, 0.29) is 0 Å². The van der Waals surface area contributed by atoms with Crippen molar-refractivity contribution in [2.45, 2.75) is 20.3 Å². The zero-order valence-electron chi connectivity index (χ0n) is 9.22. The van der Waals surface area contributed by atoms with E-state index in [1.54, 1.807) is 0 Å². The van der Waals surface area contributed by atoms with E-state index in [9.17, 15) is 0 Å². The third-order valence-corrected chi connectivity index (χ3v) is 2.01. The molecule has 0 saturated carbocycles. The molecule has 0 unspecified atom stereocenters. The minimum atomic E-state index is 0.497. The molecule has 0 aliphatic rings. The maximum atomic E-state index is 8.79. The Morgan fingerprint density at radius 2 is 2.00 bits per heavy atom. The molecule has 0 heterocycles. The predicted molar refractivity (Wildman–Crippen MR) is 64.2 cm³/mol. The topological polar surface area (TPSA) is 32.6 Å². The van der Waals surface area contributed by atoms with Crippen LogP contribution in [-0.2, 0) is 0 Å². The quantitative estimate of drug-likeness (QED) is 0.453. The van der Waals surface area contributed by atoms with Gasteiger partial charge in [0.15, 0.2) is 0 Å². The highest BCUT2D eigenvalue weighted by Crippen LogP contribution is 2.06. The molecule has 0 bridgehead atoms. The van der Waals surface area contributed by atoms with Gasteiger partial charge < -0.3 is 5.21 Å². The molecule has 1 rings (SSSR count). The summed E-state index contributed by atoms with van der Waals surface area (Å²) >= 11 is 0. The van der Waals surface area contributed by atoms with E-state index in [4.69, 9.17) is 5.21 Å². The lowest BCUT2D eigenvalue weighted by Gasteiger charge is -2.02. The number of hydrogen-bond acceptors (Lipinski definition) is 2. The van der Waals surface area contributed by atoms with E-state index >= 15 is 0 Å². The van der Waals surface area contributed by atoms with Crippen LogP contribution in [0.3, 0.4) is 0 Å². The summed E-state index contributed by atoms with van der Waals surface area (Å²) in [5, 5.41) is 12.1. The van der Waals surface area contributed by atoms with Crippen LogP contribution in [0.1, 0.15) is 25.8 Å². The van der Waals surface area contributed by atoms with E-state index in [1.165, 1.54) is 0 Å². The summed E-state index contributed by atoms with van der Waals surface area (Å²) in [5.74, 6) is 0.497. The van der Waals surface area contributed by atoms with Crippen LogP contribution in [-0.4, -0.2) is 10.9 Å². The summed E-state index contributed by atoms with van der Waals surface area (Å²) in [4.78, 5) is 0. The van der Waals surface area contributed by atoms with Crippen LogP contribution in [0.2, 0.25) is 0 Å². The Balaban J connectivity index is 2.64. The number of rotatable bonds is 4. The molecule has 80 valence electrons. The Morgan fingerprint density at radius 1 is 1.33 bits per heavy atom. The standard InChI is InChI=1S/C13H17NO/c1-11(2)10-13(14-15)9-8-12-6-4-3-5-7-12/h3-9,11,15H,10H2,1-2H3/b9-8+,14-13-. The number of hydrogen-bond donors (Lipinski definition) is 1. The van der Waals surface area contributed by atoms with Crippen LogP contribution in [0.25, 0.3) is 6.08 Å². The Kier molecular flexibility index (Phi) is 4.61. The average Bonchev–Trinajstić information content (AvgIpc) is 2.25. The zero-order chi connectivity index (χ0) is 11.1. The Hall–Kier alpha value is -1.57. The SMILES string of the molecule is CC(C)CC(/C=C/c1ccccc1)=N\O. The summed E-state index contributed by atoms with van der Waals surface area (Å²) in [5.41, 5.74) is 1.83. The highest BCUT2D eigenvalue weighted by molar-refractivity contribution is 5.97. The number of benzene rings is 1. The monoisotopic (exact) mass is 203 g/mol. The molecule has 1 aromatic rings. The molecular weight excluding hydrogens is 186 g/mol. The van der Waals surface area contributed by atoms with Gasteiger partial charge in [0.1, 0.15) is 0 Å². The number of oxime groups is 1. The maximum Gasteiger partial charge on any atom is 0.0798 e. The van der Waals surface area contributed by atoms with Crippen LogP contribution >= 0.6 is 0 Å². The fraction of sp³-hybridized carbons (Fsp3) is 0.308. The first-order chi connectivity index (χ1) is 7.22. The van der Waals surface area contributed by atoms with E-state index < -0.39 is 0 Å². The Morgan fingerprint density at radius 3 is 2.53 bits per heavy atom. The van der Waals surface area contributed by atoms with Gasteiger partial charge >= 0.3 is 0 Å². The van der Waals surface area contributed by atoms with Gasteiger partial charge in [0.2, 0.25) is 0 Å². The molecule has 15 heavy (non-hydrogen) atoms. The first-order valence-corrected chi connectivity index (χ1v) is 5.16. The molecule has 1 N–H and O–H groups in total. The largest absolute Gasteiger partial charge is 0.411 e. The molecule has 0 aliphatic heterocycles. The van der Waals surface area contributed by atoms with Crippen molar-refractivity contribution < 1.29 is 5.21 Å². The smallest absolute Gasteiger partial charge is 0.0798 e. The van der Waals surface area contributed by atoms with Gasteiger partial charge in [0, 0.05) is 0 Å². The molecule has 0 radical (unpaired) electrons. The zero-order valence-corrected chi connectivity index (χ0v) is 9.22. The van der Waals surface area contributed by atoms with Crippen LogP contribution in [0.15, 0.2) is 41.6 Å². The fourth-order valence-corrected chi connectivity index (χ4v) is 1.32. The van der Waals surface area contributed by atoms with E-state index in [1.807, 2.05) is 42.5 Å². The van der Waals surface area contributed by atoms with Crippen molar-refractivity contribution in [2.24, 2.45) is 11.1 Å². The summed E-state index contributed by atoms with van der Waals surface area (Å²) in [6.07, 6.45) is 4.60. The van der Waals surface area contributed by atoms with Gasteiger partial charge in [-0.2, -0.15) is 0 Å². The van der Waals surface area contributed by atoms with Crippen molar-refractivity contribution in [1.29, 1.82) is 0 Å². The molecule has 0 aliphatic carbocycles. The molecule has 0 aromatic heterocycles. The van der Waals surface area contributed by atoms with E-state index in [2.05, 4.69) is 19.0 Å². The summed E-state index contributed by atoms with van der Waals surface area (Å²) in [6.45, 7) is 4.20. The predicted octanol–water partition coefficient (Wildman–Crippen LogP) is 3.58. The van der Waals surface area contributed by atoms with Crippen molar-refractivity contribution in [3.63, 3.8) is 0 Å². The lowest BCUT2D eigenvalue weighted by molar-refractivity contribution is 0.317. The van der Waals surface area contributed by atoms with Crippen molar-refractivity contribution in [3.8, 4) is 0 Å². The van der Waals surface area contributed by atoms with Gasteiger partial charge in [-0.1, -0.05) is 55.4 Å². The molecule has 0 spiro atoms. The van der Waals surface area contributed by atoms with Crippen molar-refractivity contribution in [1.82, 2.24) is 0 Å². The lowest BCUT2D eigenvalue weighted by atomic mass is 10.1. The fourth-order valence-electron chi connectivity index (χ4n) is 1.32. The van der Waals surface area contributed by atoms with Crippen LogP contribution < -0.4 is 0 Å². The summed E-state index contributed by atoms with van der Waals surface area (Å²) in [6, 6.07) is 9.98. The maximum absolute atomic E-state index is 8.79. The van der Waals surface area contributed by atoms with E-state index in [0.29, 0.717) is 11.6 Å². The molecular formula is C13H17NO. The highest BCUT2D eigenvalue weighted by Gasteiger charge is 1.99. The Labute approximate surface area is 90.9 Å². The second-order valence-electron chi connectivity index (χ2n) is 3.93. The molecule has 0 saturated heterocycles. The summed E-state index contributed by atoms with van der Waals surface area (Å²) in [7, 11) is 0. The van der Waals surface area contributed by atoms with Gasteiger partial charge in [0.25, 0.3) is 0 Å². The van der Waals surface area contributed by atoms with Gasteiger partial charge in [-0.25, -0.2) is 0 Å². The normalized spacial score (nSPS) is 12.6. The molecule has 1 aromatic carbocycles. The lowest BCUT2D eigenvalue weighted by Crippen LogP contribution is -1.99. The first-order valence-electron chi connectivity index (χ1n) is 5.16. The third kappa shape index (κ3) is 4.45. The van der Waals surface area contributed by atoms with Gasteiger partial charge in [-0.15, -0.1) is 0 Å². The first kappa shape index (κ1) is 11.5. The van der Waals surface area contributed by atoms with Crippen LogP contribution in [0, 0.1) is 5.92 Å².